The Morgan fingerprint density at radius 3 is 2.53 bits per heavy atom. The van der Waals surface area contributed by atoms with Gasteiger partial charge in [-0.2, -0.15) is 0 Å². The fraction of sp³-hybridized carbons (Fsp3) is 0.714. The molecule has 0 N–H and O–H groups in total. The lowest BCUT2D eigenvalue weighted by molar-refractivity contribution is 0.291. The van der Waals surface area contributed by atoms with Gasteiger partial charge in [0.1, 0.15) is 0 Å². The van der Waals surface area contributed by atoms with E-state index >= 15 is 0 Å². The van der Waals surface area contributed by atoms with E-state index < -0.39 is 9.05 Å². The summed E-state index contributed by atoms with van der Waals surface area (Å²) in [5.74, 6) is 0. The van der Waals surface area contributed by atoms with Crippen LogP contribution >= 0.6 is 10.7 Å². The van der Waals surface area contributed by atoms with Crippen LogP contribution in [0.5, 0.6) is 6.01 Å². The highest BCUT2D eigenvalue weighted by Crippen LogP contribution is 2.18. The summed E-state index contributed by atoms with van der Waals surface area (Å²) in [6.45, 7) is 4.52. The normalized spacial score (nSPS) is 11.7. The molecule has 15 heavy (non-hydrogen) atoms. The van der Waals surface area contributed by atoms with Crippen LogP contribution in [0.1, 0.15) is 20.3 Å². The average molecular weight is 254 g/mol. The second-order valence-electron chi connectivity index (χ2n) is 2.79. The summed E-state index contributed by atoms with van der Waals surface area (Å²) in [6.07, 6.45) is 0.734. The first kappa shape index (κ1) is 12.3. The minimum atomic E-state index is -3.87. The molecule has 0 aliphatic rings. The first-order valence-electron chi connectivity index (χ1n) is 4.51. The highest BCUT2D eigenvalue weighted by molar-refractivity contribution is 8.13. The quantitative estimate of drug-likeness (QED) is 0.733. The topological polar surface area (TPSA) is 74.1 Å². The standard InChI is InChI=1S/C7H12ClN3O3S/c1-3-5-11-6(14-4-2)9-10-7(11)15(8,12)13/h3-5H2,1-2H3. The maximum atomic E-state index is 11.1. The first-order valence-corrected chi connectivity index (χ1v) is 6.82. The Labute approximate surface area is 92.6 Å². The molecule has 0 saturated heterocycles. The summed E-state index contributed by atoms with van der Waals surface area (Å²) in [5.41, 5.74) is 0. The van der Waals surface area contributed by atoms with E-state index in [1.807, 2.05) is 6.92 Å². The lowest BCUT2D eigenvalue weighted by atomic mass is 10.5. The predicted molar refractivity (Wildman–Crippen MR) is 54.5 cm³/mol. The molecule has 0 amide bonds. The van der Waals surface area contributed by atoms with Crippen LogP contribution in [0.3, 0.4) is 0 Å². The second-order valence-corrected chi connectivity index (χ2v) is 5.25. The largest absolute Gasteiger partial charge is 0.464 e. The van der Waals surface area contributed by atoms with Crippen LogP contribution in [0.15, 0.2) is 5.16 Å². The Balaban J connectivity index is 3.17. The number of hydrogen-bond acceptors (Lipinski definition) is 5. The molecule has 1 aromatic rings. The van der Waals surface area contributed by atoms with Gasteiger partial charge in [0, 0.05) is 17.2 Å². The molecule has 1 heterocycles. The monoisotopic (exact) mass is 253 g/mol. The van der Waals surface area contributed by atoms with Crippen molar-refractivity contribution in [3.05, 3.63) is 0 Å². The molecule has 0 saturated carbocycles. The molecule has 0 fully saturated rings. The van der Waals surface area contributed by atoms with Crippen molar-refractivity contribution in [1.82, 2.24) is 14.8 Å². The lowest BCUT2D eigenvalue weighted by Gasteiger charge is -2.06. The zero-order chi connectivity index (χ0) is 11.5. The summed E-state index contributed by atoms with van der Waals surface area (Å²) in [4.78, 5) is 0. The molecule has 1 aromatic heterocycles. The van der Waals surface area contributed by atoms with Crippen molar-refractivity contribution in [2.45, 2.75) is 32.0 Å². The number of nitrogens with zero attached hydrogens (tertiary/aromatic N) is 3. The Morgan fingerprint density at radius 2 is 2.07 bits per heavy atom. The Bertz CT molecular complexity index is 429. The molecular weight excluding hydrogens is 242 g/mol. The maximum Gasteiger partial charge on any atom is 0.317 e. The minimum absolute atomic E-state index is 0.179. The molecule has 0 unspecified atom stereocenters. The van der Waals surface area contributed by atoms with Crippen molar-refractivity contribution in [2.24, 2.45) is 0 Å². The molecule has 1 rings (SSSR count). The average Bonchev–Trinajstić information content (AvgIpc) is 2.49. The second kappa shape index (κ2) is 4.80. The van der Waals surface area contributed by atoms with Gasteiger partial charge in [0.25, 0.3) is 14.2 Å². The van der Waals surface area contributed by atoms with Crippen LogP contribution in [0, 0.1) is 0 Å². The molecule has 0 spiro atoms. The third-order valence-corrected chi connectivity index (χ3v) is 2.77. The van der Waals surface area contributed by atoms with Gasteiger partial charge in [-0.05, 0) is 13.3 Å². The van der Waals surface area contributed by atoms with Crippen LogP contribution in [-0.2, 0) is 15.6 Å². The molecule has 0 aliphatic carbocycles. The van der Waals surface area contributed by atoms with Gasteiger partial charge in [-0.3, -0.25) is 4.57 Å². The van der Waals surface area contributed by atoms with Crippen LogP contribution < -0.4 is 4.74 Å². The molecule has 6 nitrogen and oxygen atoms in total. The molecule has 8 heteroatoms. The summed E-state index contributed by atoms with van der Waals surface area (Å²) in [5, 5.41) is 6.84. The number of hydrogen-bond donors (Lipinski definition) is 0. The smallest absolute Gasteiger partial charge is 0.317 e. The molecular formula is C7H12ClN3O3S. The van der Waals surface area contributed by atoms with Crippen LogP contribution in [-0.4, -0.2) is 29.8 Å². The fourth-order valence-electron chi connectivity index (χ4n) is 1.11. The van der Waals surface area contributed by atoms with E-state index in [0.29, 0.717) is 13.2 Å². The van der Waals surface area contributed by atoms with Gasteiger partial charge in [0.15, 0.2) is 0 Å². The van der Waals surface area contributed by atoms with Crippen molar-refractivity contribution < 1.29 is 13.2 Å². The third kappa shape index (κ3) is 2.82. The van der Waals surface area contributed by atoms with Crippen molar-refractivity contribution in [2.75, 3.05) is 6.61 Å². The van der Waals surface area contributed by atoms with Crippen molar-refractivity contribution >= 4 is 19.7 Å². The summed E-state index contributed by atoms with van der Waals surface area (Å²) >= 11 is 0. The number of ether oxygens (including phenoxy) is 1. The van der Waals surface area contributed by atoms with Gasteiger partial charge in [-0.25, -0.2) is 8.42 Å². The highest BCUT2D eigenvalue weighted by atomic mass is 35.7. The number of halogens is 1. The zero-order valence-corrected chi connectivity index (χ0v) is 10.0. The van der Waals surface area contributed by atoms with Gasteiger partial charge in [-0.15, -0.1) is 5.10 Å². The van der Waals surface area contributed by atoms with Gasteiger partial charge < -0.3 is 4.74 Å². The van der Waals surface area contributed by atoms with E-state index in [9.17, 15) is 8.42 Å². The summed E-state index contributed by atoms with van der Waals surface area (Å²) in [6, 6.07) is 0.179. The van der Waals surface area contributed by atoms with Crippen molar-refractivity contribution in [1.29, 1.82) is 0 Å². The Morgan fingerprint density at radius 1 is 1.40 bits per heavy atom. The fourth-order valence-corrected chi connectivity index (χ4v) is 2.02. The predicted octanol–water partition coefficient (Wildman–Crippen LogP) is 1.01. The van der Waals surface area contributed by atoms with E-state index in [-0.39, 0.29) is 11.2 Å². The van der Waals surface area contributed by atoms with Crippen LogP contribution in [0.2, 0.25) is 0 Å². The van der Waals surface area contributed by atoms with Gasteiger partial charge in [0.05, 0.1) is 6.61 Å². The number of aromatic nitrogens is 3. The van der Waals surface area contributed by atoms with Gasteiger partial charge in [0.2, 0.25) is 0 Å². The summed E-state index contributed by atoms with van der Waals surface area (Å²) in [7, 11) is 1.33. The minimum Gasteiger partial charge on any atom is -0.464 e. The van der Waals surface area contributed by atoms with Crippen LogP contribution in [0.4, 0.5) is 0 Å². The molecule has 0 aliphatic heterocycles. The lowest BCUT2D eigenvalue weighted by Crippen LogP contribution is -2.08. The SMILES string of the molecule is CCCn1c(OCC)nnc1S(=O)(=O)Cl. The van der Waals surface area contributed by atoms with E-state index in [1.165, 1.54) is 4.57 Å². The van der Waals surface area contributed by atoms with E-state index in [2.05, 4.69) is 10.2 Å². The van der Waals surface area contributed by atoms with Crippen molar-refractivity contribution in [3.63, 3.8) is 0 Å². The van der Waals surface area contributed by atoms with Gasteiger partial charge >= 0.3 is 6.01 Å². The number of rotatable bonds is 5. The first-order chi connectivity index (χ1) is 7.00. The van der Waals surface area contributed by atoms with E-state index in [1.54, 1.807) is 6.92 Å². The van der Waals surface area contributed by atoms with Crippen LogP contribution in [0.25, 0.3) is 0 Å². The van der Waals surface area contributed by atoms with Gasteiger partial charge in [-0.1, -0.05) is 12.0 Å². The van der Waals surface area contributed by atoms with E-state index in [0.717, 1.165) is 6.42 Å². The van der Waals surface area contributed by atoms with Crippen molar-refractivity contribution in [3.8, 4) is 6.01 Å². The highest BCUT2D eigenvalue weighted by Gasteiger charge is 2.22. The maximum absolute atomic E-state index is 11.1. The Kier molecular flexibility index (Phi) is 3.92. The molecule has 0 aromatic carbocycles. The molecule has 0 radical (unpaired) electrons. The summed E-state index contributed by atoms with van der Waals surface area (Å²) < 4.78 is 28.7. The molecule has 86 valence electrons. The zero-order valence-electron chi connectivity index (χ0n) is 8.47. The Hall–Kier alpha value is -0.820. The van der Waals surface area contributed by atoms with E-state index in [4.69, 9.17) is 15.4 Å². The molecule has 0 atom stereocenters. The third-order valence-electron chi connectivity index (χ3n) is 1.62. The molecule has 0 bridgehead atoms.